The molecule has 24 rings (SSSR count). The van der Waals surface area contributed by atoms with Crippen LogP contribution in [-0.4, -0.2) is 0 Å². The van der Waals surface area contributed by atoms with Crippen LogP contribution in [0.15, 0.2) is 473 Å². The van der Waals surface area contributed by atoms with Crippen molar-refractivity contribution in [3.8, 4) is 66.8 Å². The van der Waals surface area contributed by atoms with Gasteiger partial charge in [-0.1, -0.05) is 358 Å². The van der Waals surface area contributed by atoms with Crippen molar-refractivity contribution in [1.82, 2.24) is 0 Å². The average Bonchev–Trinajstić information content (AvgIpc) is 1.54. The van der Waals surface area contributed by atoms with E-state index >= 15 is 0 Å². The summed E-state index contributed by atoms with van der Waals surface area (Å²) in [6, 6.07) is 175. The molecule has 0 atom stereocenters. The highest BCUT2D eigenvalue weighted by Gasteiger charge is 2.48. The van der Waals surface area contributed by atoms with Crippen LogP contribution in [0.1, 0.15) is 44.5 Å². The summed E-state index contributed by atoms with van der Waals surface area (Å²) < 4.78 is 5.29. The molecule has 0 N–H and O–H groups in total. The summed E-state index contributed by atoms with van der Waals surface area (Å²) in [5, 5.41) is 10.3. The van der Waals surface area contributed by atoms with Crippen molar-refractivity contribution in [3.05, 3.63) is 518 Å². The van der Waals surface area contributed by atoms with Crippen LogP contribution in [0.5, 0.6) is 0 Å². The number of benzene rings is 20. The molecule has 20 aromatic carbocycles. The van der Waals surface area contributed by atoms with E-state index < -0.39 is 10.8 Å². The Bertz CT molecular complexity index is 7630. The van der Waals surface area contributed by atoms with Crippen LogP contribution in [0, 0.1) is 0 Å². The fourth-order valence-corrected chi connectivity index (χ4v) is 22.1. The van der Waals surface area contributed by atoms with Gasteiger partial charge < -0.3 is 9.80 Å². The molecular formula is C118H78N2S2. The smallest absolute Gasteiger partial charge is 0.0714 e. The highest BCUT2D eigenvalue weighted by molar-refractivity contribution is 7.26. The van der Waals surface area contributed by atoms with Crippen molar-refractivity contribution < 1.29 is 0 Å². The molecule has 22 aromatic rings. The molecule has 2 nitrogen and oxygen atoms in total. The number of fused-ring (bicyclic) bond motifs is 14. The van der Waals surface area contributed by atoms with E-state index in [-0.39, 0.29) is 0 Å². The zero-order chi connectivity index (χ0) is 80.7. The lowest BCUT2D eigenvalue weighted by Crippen LogP contribution is -2.28. The molecule has 0 unspecified atom stereocenters. The Morgan fingerprint density at radius 2 is 0.459 bits per heavy atom. The minimum Gasteiger partial charge on any atom is -0.310 e. The molecule has 0 radical (unpaired) electrons. The van der Waals surface area contributed by atoms with Crippen LogP contribution in [0.4, 0.5) is 34.1 Å². The molecule has 0 fully saturated rings. The standard InChI is InChI=1S/2C59H39NS/c1-3-16-44(17-4-1)59(45-18-5-2-6-19-45)55-24-11-9-21-51(55)52-36-35-48(39-56(52)59)60(47-33-28-42(29-34-47)50-23-13-15-41-14-7-8-20-49(41)50)46-31-26-40(27-32-46)43-30-37-58-54(38-43)53-22-10-12-25-57(53)61-58;1-3-15-46(16-4-1)59(47-17-5-2-6-18-47)55-21-11-9-19-51(55)52-35-34-50(39-56(52)59)60(48-30-25-41(26-31-48)44-24-23-40-13-7-8-14-43(40)37-44)49-32-27-42(28-33-49)45-29-36-58-54(38-45)53-20-10-12-22-57(53)61-58/h2*1-39H. The third-order valence-corrected chi connectivity index (χ3v) is 27.8. The van der Waals surface area contributed by atoms with Crippen molar-refractivity contribution in [3.63, 3.8) is 0 Å². The molecule has 2 heterocycles. The lowest BCUT2D eigenvalue weighted by Gasteiger charge is -2.35. The molecule has 0 aliphatic heterocycles. The maximum absolute atomic E-state index is 2.46. The van der Waals surface area contributed by atoms with E-state index in [0.717, 1.165) is 34.1 Å². The van der Waals surface area contributed by atoms with Gasteiger partial charge in [-0.3, -0.25) is 0 Å². The van der Waals surface area contributed by atoms with Crippen molar-refractivity contribution in [2.24, 2.45) is 0 Å². The van der Waals surface area contributed by atoms with Gasteiger partial charge in [-0.25, -0.2) is 0 Å². The van der Waals surface area contributed by atoms with E-state index in [0.29, 0.717) is 0 Å². The van der Waals surface area contributed by atoms with Crippen molar-refractivity contribution >= 4 is 119 Å². The molecule has 122 heavy (non-hydrogen) atoms. The molecule has 0 amide bonds. The number of rotatable bonds is 14. The molecule has 0 spiro atoms. The maximum Gasteiger partial charge on any atom is 0.0714 e. The second-order valence-corrected chi connectivity index (χ2v) is 34.2. The summed E-state index contributed by atoms with van der Waals surface area (Å²) in [7, 11) is 0. The minimum atomic E-state index is -0.497. The monoisotopic (exact) mass is 1590 g/mol. The Balaban J connectivity index is 0.000000142. The summed E-state index contributed by atoms with van der Waals surface area (Å²) in [6.07, 6.45) is 0. The SMILES string of the molecule is c1ccc(C2(c3ccccc3)c3ccccc3-c3ccc(N(c4ccc(-c5ccc6ccccc6c5)cc4)c4ccc(-c5ccc6sc7ccccc7c6c5)cc4)cc32)cc1.c1ccc(C2(c3ccccc3)c3ccccc3-c3ccc(N(c4ccc(-c5ccc6sc7ccccc7c6c5)cc4)c4ccc(-c5cccc6ccccc56)cc4)cc32)cc1. The van der Waals surface area contributed by atoms with Crippen LogP contribution in [0.25, 0.3) is 129 Å². The fourth-order valence-electron chi connectivity index (χ4n) is 19.9. The van der Waals surface area contributed by atoms with Crippen LogP contribution in [0.3, 0.4) is 0 Å². The number of anilines is 6. The number of thiophene rings is 2. The first-order valence-electron chi connectivity index (χ1n) is 42.0. The maximum atomic E-state index is 2.46. The Hall–Kier alpha value is -15.0. The Kier molecular flexibility index (Phi) is 17.8. The summed E-state index contributed by atoms with van der Waals surface area (Å²) >= 11 is 3.72. The average molecular weight is 1590 g/mol. The topological polar surface area (TPSA) is 6.48 Å². The quantitative estimate of drug-likeness (QED) is 0.107. The van der Waals surface area contributed by atoms with Crippen molar-refractivity contribution in [1.29, 1.82) is 0 Å². The molecule has 2 aliphatic rings. The molecule has 0 saturated heterocycles. The predicted molar refractivity (Wildman–Crippen MR) is 519 cm³/mol. The van der Waals surface area contributed by atoms with Gasteiger partial charge in [0.05, 0.1) is 10.8 Å². The predicted octanol–water partition coefficient (Wildman–Crippen LogP) is 32.7. The van der Waals surface area contributed by atoms with Crippen LogP contribution >= 0.6 is 22.7 Å². The van der Waals surface area contributed by atoms with Gasteiger partial charge in [-0.15, -0.1) is 22.7 Å². The van der Waals surface area contributed by atoms with Gasteiger partial charge in [-0.2, -0.15) is 0 Å². The zero-order valence-electron chi connectivity index (χ0n) is 66.7. The van der Waals surface area contributed by atoms with Gasteiger partial charge in [0, 0.05) is 74.5 Å². The van der Waals surface area contributed by atoms with E-state index in [1.807, 2.05) is 22.7 Å². The van der Waals surface area contributed by atoms with Gasteiger partial charge in [0.2, 0.25) is 0 Å². The van der Waals surface area contributed by atoms with Gasteiger partial charge in [0.15, 0.2) is 0 Å². The van der Waals surface area contributed by atoms with E-state index in [1.165, 1.54) is 173 Å². The Morgan fingerprint density at radius 1 is 0.156 bits per heavy atom. The normalized spacial score (nSPS) is 12.7. The summed E-state index contributed by atoms with van der Waals surface area (Å²) in [5.41, 5.74) is 30.6. The first kappa shape index (κ1) is 72.2. The molecule has 0 saturated carbocycles. The molecule has 572 valence electrons. The summed E-state index contributed by atoms with van der Waals surface area (Å²) in [4.78, 5) is 4.85. The number of hydrogen-bond donors (Lipinski definition) is 0. The van der Waals surface area contributed by atoms with Crippen LogP contribution in [-0.2, 0) is 10.8 Å². The highest BCUT2D eigenvalue weighted by atomic mass is 32.1. The van der Waals surface area contributed by atoms with Crippen molar-refractivity contribution in [2.75, 3.05) is 9.80 Å². The van der Waals surface area contributed by atoms with E-state index in [9.17, 15) is 0 Å². The van der Waals surface area contributed by atoms with Crippen LogP contribution in [0.2, 0.25) is 0 Å². The summed E-state index contributed by atoms with van der Waals surface area (Å²) in [6.45, 7) is 0. The molecule has 2 aliphatic carbocycles. The van der Waals surface area contributed by atoms with Crippen molar-refractivity contribution in [2.45, 2.75) is 10.8 Å². The van der Waals surface area contributed by atoms with Gasteiger partial charge in [0.25, 0.3) is 0 Å². The Morgan fingerprint density at radius 3 is 0.902 bits per heavy atom. The number of hydrogen-bond acceptors (Lipinski definition) is 4. The zero-order valence-corrected chi connectivity index (χ0v) is 68.4. The first-order chi connectivity index (χ1) is 60.5. The second kappa shape index (κ2) is 30.1. The van der Waals surface area contributed by atoms with Crippen LogP contribution < -0.4 is 9.80 Å². The van der Waals surface area contributed by atoms with Gasteiger partial charge in [0.1, 0.15) is 0 Å². The van der Waals surface area contributed by atoms with Gasteiger partial charge in [-0.05, 0) is 248 Å². The molecule has 4 heteroatoms. The lowest BCUT2D eigenvalue weighted by atomic mass is 9.67. The first-order valence-corrected chi connectivity index (χ1v) is 43.6. The van der Waals surface area contributed by atoms with E-state index in [4.69, 9.17) is 0 Å². The highest BCUT2D eigenvalue weighted by Crippen LogP contribution is 2.60. The largest absolute Gasteiger partial charge is 0.310 e. The van der Waals surface area contributed by atoms with E-state index in [1.54, 1.807) is 0 Å². The summed E-state index contributed by atoms with van der Waals surface area (Å²) in [5.74, 6) is 0. The third-order valence-electron chi connectivity index (χ3n) is 25.5. The second-order valence-electron chi connectivity index (χ2n) is 32.1. The third kappa shape index (κ3) is 12.1. The van der Waals surface area contributed by atoms with Gasteiger partial charge >= 0.3 is 0 Å². The minimum absolute atomic E-state index is 0.496. The molecule has 2 aromatic heterocycles. The lowest BCUT2D eigenvalue weighted by molar-refractivity contribution is 0.768. The Labute approximate surface area is 718 Å². The number of nitrogens with zero attached hydrogens (tertiary/aromatic N) is 2. The molecule has 0 bridgehead atoms. The fraction of sp³-hybridized carbons (Fsp3) is 0.0169. The van der Waals surface area contributed by atoms with E-state index in [2.05, 4.69) is 483 Å². The molecular weight excluding hydrogens is 1510 g/mol.